The molecule has 0 heterocycles. The highest BCUT2D eigenvalue weighted by Gasteiger charge is 2.42. The van der Waals surface area contributed by atoms with Crippen molar-refractivity contribution in [3.8, 4) is 0 Å². The fourth-order valence-electron chi connectivity index (χ4n) is 2.39. The fraction of sp³-hybridized carbons (Fsp3) is 0.917. The number of ether oxygens (including phenoxy) is 1. The summed E-state index contributed by atoms with van der Waals surface area (Å²) in [5.74, 6) is 0.815. The van der Waals surface area contributed by atoms with Crippen LogP contribution in [0.4, 0.5) is 0 Å². The molecule has 0 saturated heterocycles. The normalized spacial score (nSPS) is 29.0. The van der Waals surface area contributed by atoms with Crippen LogP contribution in [0.3, 0.4) is 0 Å². The van der Waals surface area contributed by atoms with Crippen molar-refractivity contribution in [3.63, 3.8) is 0 Å². The molecule has 2 unspecified atom stereocenters. The Morgan fingerprint density at radius 3 is 3.00 bits per heavy atom. The Morgan fingerprint density at radius 2 is 2.41 bits per heavy atom. The molecule has 2 N–H and O–H groups in total. The number of methoxy groups -OCH3 is 1. The first-order valence-electron chi connectivity index (χ1n) is 6.18. The molecule has 0 aromatic rings. The number of rotatable bonds is 6. The van der Waals surface area contributed by atoms with E-state index in [1.165, 1.54) is 7.11 Å². The number of thioether (sulfide) groups is 1. The Kier molecular flexibility index (Phi) is 6.30. The molecule has 1 fully saturated rings. The molecule has 0 spiro atoms. The highest BCUT2D eigenvalue weighted by Crippen LogP contribution is 2.35. The largest absolute Gasteiger partial charge is 0.468 e. The van der Waals surface area contributed by atoms with Gasteiger partial charge in [0.25, 0.3) is 0 Å². The molecule has 100 valence electrons. The minimum absolute atomic E-state index is 0.146. The number of carbonyl (C=O) groups is 1. The molecular weight excluding hydrogens is 238 g/mol. The van der Waals surface area contributed by atoms with Gasteiger partial charge in [0.1, 0.15) is 5.54 Å². The van der Waals surface area contributed by atoms with Crippen LogP contribution < -0.4 is 5.32 Å². The lowest BCUT2D eigenvalue weighted by Gasteiger charge is -2.38. The minimum atomic E-state index is -0.496. The highest BCUT2D eigenvalue weighted by atomic mass is 32.2. The molecule has 0 aromatic carbocycles. The molecule has 17 heavy (non-hydrogen) atoms. The SMILES string of the molecule is CNC1(C(=O)OC)CCCC(SCCCO)C1. The molecular formula is C12H23NO3S. The average Bonchev–Trinajstić information content (AvgIpc) is 2.38. The van der Waals surface area contributed by atoms with Crippen LogP contribution in [0.5, 0.6) is 0 Å². The van der Waals surface area contributed by atoms with Crippen molar-refractivity contribution in [1.82, 2.24) is 5.32 Å². The van der Waals surface area contributed by atoms with Gasteiger partial charge >= 0.3 is 5.97 Å². The summed E-state index contributed by atoms with van der Waals surface area (Å²) in [4.78, 5) is 11.9. The van der Waals surface area contributed by atoms with Crippen LogP contribution in [0.1, 0.15) is 32.1 Å². The zero-order valence-electron chi connectivity index (χ0n) is 10.7. The number of nitrogens with one attached hydrogen (secondary N) is 1. The van der Waals surface area contributed by atoms with Crippen molar-refractivity contribution in [3.05, 3.63) is 0 Å². The van der Waals surface area contributed by atoms with Gasteiger partial charge in [0.2, 0.25) is 0 Å². The van der Waals surface area contributed by atoms with E-state index in [1.54, 1.807) is 0 Å². The highest BCUT2D eigenvalue weighted by molar-refractivity contribution is 7.99. The number of aliphatic hydroxyl groups is 1. The van der Waals surface area contributed by atoms with Gasteiger partial charge in [0.15, 0.2) is 0 Å². The molecule has 0 radical (unpaired) electrons. The Balaban J connectivity index is 2.53. The van der Waals surface area contributed by atoms with Crippen molar-refractivity contribution in [2.45, 2.75) is 42.9 Å². The summed E-state index contributed by atoms with van der Waals surface area (Å²) in [6, 6.07) is 0. The number of likely N-dealkylation sites (N-methyl/N-ethyl adjacent to an activating group) is 1. The predicted molar refractivity (Wildman–Crippen MR) is 70.2 cm³/mol. The first kappa shape index (κ1) is 14.8. The van der Waals surface area contributed by atoms with Crippen LogP contribution in [0.15, 0.2) is 0 Å². The number of aliphatic hydroxyl groups excluding tert-OH is 1. The average molecular weight is 261 g/mol. The van der Waals surface area contributed by atoms with Gasteiger partial charge in [-0.05, 0) is 44.9 Å². The minimum Gasteiger partial charge on any atom is -0.468 e. The number of esters is 1. The number of hydrogen-bond acceptors (Lipinski definition) is 5. The molecule has 1 aliphatic rings. The second-order valence-corrected chi connectivity index (χ2v) is 5.90. The monoisotopic (exact) mass is 261 g/mol. The molecule has 0 bridgehead atoms. The van der Waals surface area contributed by atoms with Crippen LogP contribution >= 0.6 is 11.8 Å². The van der Waals surface area contributed by atoms with Gasteiger partial charge in [-0.3, -0.25) is 4.79 Å². The van der Waals surface area contributed by atoms with E-state index in [-0.39, 0.29) is 12.6 Å². The maximum absolute atomic E-state index is 11.9. The summed E-state index contributed by atoms with van der Waals surface area (Å²) in [6.07, 6.45) is 4.70. The van der Waals surface area contributed by atoms with Gasteiger partial charge in [-0.25, -0.2) is 0 Å². The summed E-state index contributed by atoms with van der Waals surface area (Å²) in [5, 5.41) is 12.4. The number of hydrogen-bond donors (Lipinski definition) is 2. The lowest BCUT2D eigenvalue weighted by Crippen LogP contribution is -2.54. The first-order valence-corrected chi connectivity index (χ1v) is 7.23. The second kappa shape index (κ2) is 7.24. The maximum atomic E-state index is 11.9. The van der Waals surface area contributed by atoms with Crippen LogP contribution in [0.25, 0.3) is 0 Å². The second-order valence-electron chi connectivity index (χ2n) is 4.49. The summed E-state index contributed by atoms with van der Waals surface area (Å²) in [6.45, 7) is 0.244. The Morgan fingerprint density at radius 1 is 1.65 bits per heavy atom. The van der Waals surface area contributed by atoms with Crippen molar-refractivity contribution >= 4 is 17.7 Å². The topological polar surface area (TPSA) is 58.6 Å². The van der Waals surface area contributed by atoms with Crippen molar-refractivity contribution in [2.75, 3.05) is 26.5 Å². The Labute approximate surface area is 107 Å². The summed E-state index contributed by atoms with van der Waals surface area (Å²) in [7, 11) is 3.28. The molecule has 4 nitrogen and oxygen atoms in total. The Hall–Kier alpha value is -0.260. The molecule has 0 aliphatic heterocycles. The van der Waals surface area contributed by atoms with Crippen molar-refractivity contribution in [1.29, 1.82) is 0 Å². The third-order valence-corrected chi connectivity index (χ3v) is 4.81. The fourth-order valence-corrected chi connectivity index (χ4v) is 3.76. The van der Waals surface area contributed by atoms with E-state index >= 15 is 0 Å². The lowest BCUT2D eigenvalue weighted by atomic mass is 9.81. The molecule has 1 rings (SSSR count). The molecule has 0 amide bonds. The van der Waals surface area contributed by atoms with Gasteiger partial charge in [0, 0.05) is 11.9 Å². The van der Waals surface area contributed by atoms with Gasteiger partial charge < -0.3 is 15.2 Å². The third kappa shape index (κ3) is 3.86. The van der Waals surface area contributed by atoms with Gasteiger partial charge in [-0.2, -0.15) is 11.8 Å². The summed E-state index contributed by atoms with van der Waals surface area (Å²) >= 11 is 1.86. The molecule has 1 saturated carbocycles. The van der Waals surface area contributed by atoms with Gasteiger partial charge in [-0.1, -0.05) is 0 Å². The van der Waals surface area contributed by atoms with E-state index in [2.05, 4.69) is 5.32 Å². The van der Waals surface area contributed by atoms with Gasteiger partial charge in [0.05, 0.1) is 7.11 Å². The van der Waals surface area contributed by atoms with E-state index in [4.69, 9.17) is 9.84 Å². The van der Waals surface area contributed by atoms with E-state index in [9.17, 15) is 4.79 Å². The summed E-state index contributed by atoms with van der Waals surface area (Å²) < 4.78 is 4.91. The third-order valence-electron chi connectivity index (χ3n) is 3.42. The van der Waals surface area contributed by atoms with E-state index < -0.39 is 5.54 Å². The standard InChI is InChI=1S/C12H23NO3S/c1-13-12(11(15)16-2)6-3-5-10(9-12)17-8-4-7-14/h10,13-14H,3-9H2,1-2H3. The molecule has 0 aromatic heterocycles. The van der Waals surface area contributed by atoms with Crippen LogP contribution in [0.2, 0.25) is 0 Å². The van der Waals surface area contributed by atoms with E-state index in [0.29, 0.717) is 5.25 Å². The zero-order chi connectivity index (χ0) is 12.7. The van der Waals surface area contributed by atoms with Crippen molar-refractivity contribution < 1.29 is 14.6 Å². The number of carbonyl (C=O) groups excluding carboxylic acids is 1. The first-order chi connectivity index (χ1) is 8.18. The molecule has 5 heteroatoms. The predicted octanol–water partition coefficient (Wildman–Crippen LogP) is 1.18. The van der Waals surface area contributed by atoms with E-state index in [1.807, 2.05) is 18.8 Å². The zero-order valence-corrected chi connectivity index (χ0v) is 11.5. The maximum Gasteiger partial charge on any atom is 0.326 e. The van der Waals surface area contributed by atoms with E-state index in [0.717, 1.165) is 37.9 Å². The smallest absolute Gasteiger partial charge is 0.326 e. The summed E-state index contributed by atoms with van der Waals surface area (Å²) in [5.41, 5.74) is -0.496. The Bertz CT molecular complexity index is 250. The van der Waals surface area contributed by atoms with Crippen molar-refractivity contribution in [2.24, 2.45) is 0 Å². The van der Waals surface area contributed by atoms with Crippen LogP contribution in [0, 0.1) is 0 Å². The van der Waals surface area contributed by atoms with Crippen LogP contribution in [-0.2, 0) is 9.53 Å². The molecule has 2 atom stereocenters. The van der Waals surface area contributed by atoms with Crippen LogP contribution in [-0.4, -0.2) is 48.4 Å². The quantitative estimate of drug-likeness (QED) is 0.555. The molecule has 1 aliphatic carbocycles. The van der Waals surface area contributed by atoms with Gasteiger partial charge in [-0.15, -0.1) is 0 Å². The lowest BCUT2D eigenvalue weighted by molar-refractivity contribution is -0.149.